The highest BCUT2D eigenvalue weighted by Crippen LogP contribution is 2.25. The summed E-state index contributed by atoms with van der Waals surface area (Å²) in [4.78, 5) is 29.2. The monoisotopic (exact) mass is 427 g/mol. The lowest BCUT2D eigenvalue weighted by molar-refractivity contribution is 0.101. The minimum atomic E-state index is -0.390. The first-order valence-corrected chi connectivity index (χ1v) is 9.77. The molecule has 0 saturated heterocycles. The molecule has 0 radical (unpaired) electrons. The molecule has 3 aromatic rings. The van der Waals surface area contributed by atoms with Crippen molar-refractivity contribution in [1.82, 2.24) is 4.98 Å². The summed E-state index contributed by atoms with van der Waals surface area (Å²) in [6.45, 7) is 1.89. The second kappa shape index (κ2) is 9.27. The van der Waals surface area contributed by atoms with E-state index < -0.39 is 0 Å². The van der Waals surface area contributed by atoms with E-state index in [-0.39, 0.29) is 17.5 Å². The maximum absolute atomic E-state index is 12.6. The number of methoxy groups -OCH3 is 3. The van der Waals surface area contributed by atoms with Crippen molar-refractivity contribution in [3.05, 3.63) is 58.6 Å². The minimum Gasteiger partial charge on any atom is -0.497 e. The van der Waals surface area contributed by atoms with Crippen LogP contribution >= 0.6 is 11.3 Å². The Balaban J connectivity index is 1.69. The van der Waals surface area contributed by atoms with Gasteiger partial charge in [-0.25, -0.2) is 4.98 Å². The normalized spacial score (nSPS) is 10.3. The lowest BCUT2D eigenvalue weighted by Gasteiger charge is -2.08. The van der Waals surface area contributed by atoms with Gasteiger partial charge in [0.1, 0.15) is 22.9 Å². The number of carbonyl (C=O) groups is 2. The van der Waals surface area contributed by atoms with Crippen molar-refractivity contribution >= 4 is 34.0 Å². The summed E-state index contributed by atoms with van der Waals surface area (Å²) in [6.07, 6.45) is 0. The molecular weight excluding hydrogens is 406 g/mol. The maximum Gasteiger partial charge on any atom is 0.275 e. The Morgan fingerprint density at radius 2 is 1.60 bits per heavy atom. The Kier molecular flexibility index (Phi) is 6.53. The van der Waals surface area contributed by atoms with E-state index >= 15 is 0 Å². The molecule has 0 spiro atoms. The third kappa shape index (κ3) is 4.87. The zero-order chi connectivity index (χ0) is 21.7. The van der Waals surface area contributed by atoms with Gasteiger partial charge in [-0.3, -0.25) is 14.9 Å². The standard InChI is InChI=1S/C21H21N3O5S/c1-12-7-14(5-6-18(12)29-4)22-20(26)17-11-30-21(23-17)24-19(25)13-8-15(27-2)10-16(9-13)28-3/h5-11H,1-4H3,(H,22,26)(H,23,24,25). The summed E-state index contributed by atoms with van der Waals surface area (Å²) < 4.78 is 15.6. The first-order chi connectivity index (χ1) is 14.4. The Labute approximate surface area is 177 Å². The van der Waals surface area contributed by atoms with Gasteiger partial charge in [-0.15, -0.1) is 11.3 Å². The average Bonchev–Trinajstić information content (AvgIpc) is 3.22. The predicted octanol–water partition coefficient (Wildman–Crippen LogP) is 3.98. The van der Waals surface area contributed by atoms with Crippen LogP contribution in [0.15, 0.2) is 41.8 Å². The number of hydrogen-bond donors (Lipinski definition) is 2. The number of carbonyl (C=O) groups excluding carboxylic acids is 2. The van der Waals surface area contributed by atoms with Crippen LogP contribution in [0, 0.1) is 6.92 Å². The highest BCUT2D eigenvalue weighted by atomic mass is 32.1. The predicted molar refractivity (Wildman–Crippen MR) is 115 cm³/mol. The summed E-state index contributed by atoms with van der Waals surface area (Å²) in [5.41, 5.74) is 2.07. The third-order valence-electron chi connectivity index (χ3n) is 4.22. The van der Waals surface area contributed by atoms with Crippen molar-refractivity contribution in [3.63, 3.8) is 0 Å². The molecule has 9 heteroatoms. The largest absolute Gasteiger partial charge is 0.497 e. The molecule has 0 aliphatic rings. The fourth-order valence-corrected chi connectivity index (χ4v) is 3.38. The van der Waals surface area contributed by atoms with Crippen LogP contribution < -0.4 is 24.8 Å². The van der Waals surface area contributed by atoms with Crippen molar-refractivity contribution in [1.29, 1.82) is 0 Å². The van der Waals surface area contributed by atoms with E-state index in [2.05, 4.69) is 15.6 Å². The summed E-state index contributed by atoms with van der Waals surface area (Å²) in [5.74, 6) is 0.960. The smallest absolute Gasteiger partial charge is 0.275 e. The minimum absolute atomic E-state index is 0.201. The van der Waals surface area contributed by atoms with Crippen LogP contribution in [0.25, 0.3) is 0 Å². The van der Waals surface area contributed by atoms with E-state index in [1.807, 2.05) is 13.0 Å². The van der Waals surface area contributed by atoms with Gasteiger partial charge in [0.2, 0.25) is 0 Å². The second-order valence-electron chi connectivity index (χ2n) is 6.23. The third-order valence-corrected chi connectivity index (χ3v) is 4.98. The number of amides is 2. The van der Waals surface area contributed by atoms with Gasteiger partial charge in [-0.1, -0.05) is 0 Å². The van der Waals surface area contributed by atoms with Crippen molar-refractivity contribution in [3.8, 4) is 17.2 Å². The van der Waals surface area contributed by atoms with Crippen LogP contribution in [0.4, 0.5) is 10.8 Å². The fraction of sp³-hybridized carbons (Fsp3) is 0.190. The molecule has 0 saturated carbocycles. The van der Waals surface area contributed by atoms with Gasteiger partial charge >= 0.3 is 0 Å². The molecule has 3 rings (SSSR count). The Morgan fingerprint density at radius 1 is 0.900 bits per heavy atom. The number of anilines is 2. The van der Waals surface area contributed by atoms with Crippen molar-refractivity contribution in [2.45, 2.75) is 6.92 Å². The lowest BCUT2D eigenvalue weighted by Crippen LogP contribution is -2.14. The van der Waals surface area contributed by atoms with Crippen LogP contribution in [0.5, 0.6) is 17.2 Å². The molecule has 8 nitrogen and oxygen atoms in total. The first kappa shape index (κ1) is 21.1. The van der Waals surface area contributed by atoms with Crippen LogP contribution in [0.3, 0.4) is 0 Å². The van der Waals surface area contributed by atoms with E-state index in [9.17, 15) is 9.59 Å². The van der Waals surface area contributed by atoms with E-state index in [0.29, 0.717) is 27.9 Å². The molecule has 0 fully saturated rings. The van der Waals surface area contributed by atoms with Crippen molar-refractivity contribution in [2.24, 2.45) is 0 Å². The molecule has 0 aliphatic carbocycles. The summed E-state index contributed by atoms with van der Waals surface area (Å²) >= 11 is 1.15. The van der Waals surface area contributed by atoms with Crippen LogP contribution in [-0.4, -0.2) is 38.1 Å². The second-order valence-corrected chi connectivity index (χ2v) is 7.09. The zero-order valence-corrected chi connectivity index (χ0v) is 17.8. The molecule has 2 N–H and O–H groups in total. The SMILES string of the molecule is COc1cc(OC)cc(C(=O)Nc2nc(C(=O)Nc3ccc(OC)c(C)c3)cs2)c1. The molecule has 30 heavy (non-hydrogen) atoms. The number of ether oxygens (including phenoxy) is 3. The van der Waals surface area contributed by atoms with Gasteiger partial charge in [0, 0.05) is 22.7 Å². The number of aryl methyl sites for hydroxylation is 1. The molecule has 0 bridgehead atoms. The van der Waals surface area contributed by atoms with Gasteiger partial charge in [-0.2, -0.15) is 0 Å². The fourth-order valence-electron chi connectivity index (χ4n) is 2.69. The first-order valence-electron chi connectivity index (χ1n) is 8.89. The number of nitrogens with zero attached hydrogens (tertiary/aromatic N) is 1. The molecule has 156 valence electrons. The molecule has 0 unspecified atom stereocenters. The van der Waals surface area contributed by atoms with Crippen LogP contribution in [0.2, 0.25) is 0 Å². The van der Waals surface area contributed by atoms with E-state index in [4.69, 9.17) is 14.2 Å². The summed E-state index contributed by atoms with van der Waals surface area (Å²) in [7, 11) is 4.60. The van der Waals surface area contributed by atoms with E-state index in [1.54, 1.807) is 42.8 Å². The maximum atomic E-state index is 12.6. The Bertz CT molecular complexity index is 1060. The van der Waals surface area contributed by atoms with E-state index in [1.165, 1.54) is 14.2 Å². The lowest BCUT2D eigenvalue weighted by atomic mass is 10.2. The Hall–Kier alpha value is -3.59. The summed E-state index contributed by atoms with van der Waals surface area (Å²) in [5, 5.41) is 7.35. The number of thiazole rings is 1. The van der Waals surface area contributed by atoms with E-state index in [0.717, 1.165) is 22.6 Å². The quantitative estimate of drug-likeness (QED) is 0.592. The van der Waals surface area contributed by atoms with Gasteiger partial charge in [0.15, 0.2) is 5.13 Å². The van der Waals surface area contributed by atoms with Crippen molar-refractivity contribution in [2.75, 3.05) is 32.0 Å². The van der Waals surface area contributed by atoms with Gasteiger partial charge < -0.3 is 19.5 Å². The average molecular weight is 427 g/mol. The highest BCUT2D eigenvalue weighted by Gasteiger charge is 2.15. The van der Waals surface area contributed by atoms with Crippen molar-refractivity contribution < 1.29 is 23.8 Å². The number of aromatic nitrogens is 1. The Morgan fingerprint density at radius 3 is 2.20 bits per heavy atom. The molecule has 0 aliphatic heterocycles. The van der Waals surface area contributed by atoms with Gasteiger partial charge in [0.25, 0.3) is 11.8 Å². The zero-order valence-electron chi connectivity index (χ0n) is 16.9. The van der Waals surface area contributed by atoms with Crippen LogP contribution in [-0.2, 0) is 0 Å². The topological polar surface area (TPSA) is 98.8 Å². The van der Waals surface area contributed by atoms with Gasteiger partial charge in [-0.05, 0) is 42.8 Å². The molecule has 2 aromatic carbocycles. The number of hydrogen-bond acceptors (Lipinski definition) is 7. The number of benzene rings is 2. The molecule has 1 aromatic heterocycles. The molecular formula is C21H21N3O5S. The van der Waals surface area contributed by atoms with Gasteiger partial charge in [0.05, 0.1) is 21.3 Å². The highest BCUT2D eigenvalue weighted by molar-refractivity contribution is 7.14. The van der Waals surface area contributed by atoms with Crippen LogP contribution in [0.1, 0.15) is 26.4 Å². The number of nitrogens with one attached hydrogen (secondary N) is 2. The summed E-state index contributed by atoms with van der Waals surface area (Å²) in [6, 6.07) is 10.2. The molecule has 0 atom stereocenters. The molecule has 1 heterocycles. The molecule has 2 amide bonds. The number of rotatable bonds is 7.